The molecule has 1 N–H and O–H groups in total. The van der Waals surface area contributed by atoms with E-state index in [1.807, 2.05) is 20.8 Å². The molecule has 0 fully saturated rings. The number of rotatable bonds is 3. The molecule has 1 aromatic carbocycles. The molecule has 1 aromatic rings. The van der Waals surface area contributed by atoms with Gasteiger partial charge in [-0.05, 0) is 30.5 Å². The van der Waals surface area contributed by atoms with Crippen molar-refractivity contribution >= 4 is 38.2 Å². The molecule has 0 aliphatic heterocycles. The molecule has 0 spiro atoms. The number of amides is 1. The zero-order valence-corrected chi connectivity index (χ0v) is 10.5. The molecule has 0 aromatic heterocycles. The van der Waals surface area contributed by atoms with Crippen molar-refractivity contribution in [2.24, 2.45) is 0 Å². The minimum atomic E-state index is -0.269. The second-order valence-corrected chi connectivity index (χ2v) is 4.31. The molecule has 1 amide bonds. The topological polar surface area (TPSA) is 29.1 Å². The van der Waals surface area contributed by atoms with Gasteiger partial charge in [0.05, 0.1) is 0 Å². The van der Waals surface area contributed by atoms with Gasteiger partial charge in [-0.25, -0.2) is 0 Å². The van der Waals surface area contributed by atoms with Crippen molar-refractivity contribution in [3.8, 4) is 0 Å². The lowest BCUT2D eigenvalue weighted by Gasteiger charge is -2.20. The zero-order valence-electron chi connectivity index (χ0n) is 10.5. The largest absolute Gasteiger partial charge is 0.322 e. The summed E-state index contributed by atoms with van der Waals surface area (Å²) in [5.74, 6) is -0.0658. The summed E-state index contributed by atoms with van der Waals surface area (Å²) >= 11 is 0. The van der Waals surface area contributed by atoms with Gasteiger partial charge in [0.2, 0.25) is 5.91 Å². The fraction of sp³-hybridized carbons (Fsp3) is 0.308. The van der Waals surface area contributed by atoms with Crippen LogP contribution in [0.1, 0.15) is 30.9 Å². The molecule has 1 rings (SSSR count). The maximum Gasteiger partial charge on any atom is 0.247 e. The van der Waals surface area contributed by atoms with E-state index >= 15 is 0 Å². The van der Waals surface area contributed by atoms with Crippen molar-refractivity contribution in [2.75, 3.05) is 5.32 Å². The molecular formula is C13H15B2NO. The molecule has 84 valence electrons. The molecule has 4 radical (unpaired) electrons. The standard InChI is InChI=1S/C13H15B2NO/c1-5-11(17)16-10-6-9(14)8(4)13(15)12(10)7(2)3/h5-7H,1H2,2-4H3,(H,16,17). The third-order valence-corrected chi connectivity index (χ3v) is 2.74. The number of hydrogen-bond donors (Lipinski definition) is 1. The first-order valence-corrected chi connectivity index (χ1v) is 5.50. The lowest BCUT2D eigenvalue weighted by atomic mass is 9.75. The van der Waals surface area contributed by atoms with Gasteiger partial charge in [-0.3, -0.25) is 4.79 Å². The van der Waals surface area contributed by atoms with E-state index in [-0.39, 0.29) is 11.8 Å². The highest BCUT2D eigenvalue weighted by atomic mass is 16.1. The number of carbonyl (C=O) groups is 1. The summed E-state index contributed by atoms with van der Waals surface area (Å²) in [5, 5.41) is 2.73. The summed E-state index contributed by atoms with van der Waals surface area (Å²) in [4.78, 5) is 11.4. The number of anilines is 1. The average Bonchev–Trinajstić information content (AvgIpc) is 2.25. The fourth-order valence-corrected chi connectivity index (χ4v) is 1.75. The van der Waals surface area contributed by atoms with E-state index in [9.17, 15) is 4.79 Å². The Morgan fingerprint density at radius 2 is 2.06 bits per heavy atom. The second-order valence-electron chi connectivity index (χ2n) is 4.31. The molecule has 17 heavy (non-hydrogen) atoms. The van der Waals surface area contributed by atoms with Gasteiger partial charge in [-0.1, -0.05) is 36.9 Å². The van der Waals surface area contributed by atoms with Gasteiger partial charge in [0.1, 0.15) is 15.7 Å². The van der Waals surface area contributed by atoms with Gasteiger partial charge in [0, 0.05) is 5.69 Å². The number of carbonyl (C=O) groups excluding carboxylic acids is 1. The maximum absolute atomic E-state index is 11.4. The molecule has 0 atom stereocenters. The Labute approximate surface area is 105 Å². The molecule has 0 aliphatic carbocycles. The van der Waals surface area contributed by atoms with Crippen LogP contribution < -0.4 is 16.2 Å². The van der Waals surface area contributed by atoms with E-state index in [4.69, 9.17) is 15.7 Å². The lowest BCUT2D eigenvalue weighted by molar-refractivity contribution is -0.111. The van der Waals surface area contributed by atoms with Crippen LogP contribution in [0.5, 0.6) is 0 Å². The molecule has 2 nitrogen and oxygen atoms in total. The van der Waals surface area contributed by atoms with Gasteiger partial charge >= 0.3 is 0 Å². The zero-order chi connectivity index (χ0) is 13.2. The van der Waals surface area contributed by atoms with E-state index in [0.29, 0.717) is 16.6 Å². The van der Waals surface area contributed by atoms with Gasteiger partial charge in [0.15, 0.2) is 0 Å². The second kappa shape index (κ2) is 5.26. The summed E-state index contributed by atoms with van der Waals surface area (Å²) in [6.45, 7) is 9.33. The Hall–Kier alpha value is -1.44. The number of benzene rings is 1. The highest BCUT2D eigenvalue weighted by molar-refractivity contribution is 6.41. The minimum absolute atomic E-state index is 0.203. The Bertz CT molecular complexity index is 467. The quantitative estimate of drug-likeness (QED) is 0.596. The van der Waals surface area contributed by atoms with Gasteiger partial charge in [-0.2, -0.15) is 0 Å². The third kappa shape index (κ3) is 2.82. The van der Waals surface area contributed by atoms with Gasteiger partial charge in [0.25, 0.3) is 0 Å². The number of hydrogen-bond acceptors (Lipinski definition) is 1. The Kier molecular flexibility index (Phi) is 4.22. The van der Waals surface area contributed by atoms with Crippen LogP contribution in [0.2, 0.25) is 0 Å². The maximum atomic E-state index is 11.4. The van der Waals surface area contributed by atoms with E-state index in [2.05, 4.69) is 11.9 Å². The third-order valence-electron chi connectivity index (χ3n) is 2.74. The van der Waals surface area contributed by atoms with E-state index in [1.54, 1.807) is 6.07 Å². The van der Waals surface area contributed by atoms with Crippen LogP contribution in [0.25, 0.3) is 0 Å². The monoisotopic (exact) mass is 223 g/mol. The molecule has 0 heterocycles. The Balaban J connectivity index is 3.37. The molecular weight excluding hydrogens is 208 g/mol. The lowest BCUT2D eigenvalue weighted by Crippen LogP contribution is -2.27. The Morgan fingerprint density at radius 3 is 2.53 bits per heavy atom. The highest BCUT2D eigenvalue weighted by Gasteiger charge is 2.13. The fourth-order valence-electron chi connectivity index (χ4n) is 1.75. The van der Waals surface area contributed by atoms with Crippen LogP contribution in [0.4, 0.5) is 5.69 Å². The van der Waals surface area contributed by atoms with Crippen LogP contribution in [0, 0.1) is 6.92 Å². The number of nitrogens with one attached hydrogen (secondary N) is 1. The van der Waals surface area contributed by atoms with Crippen molar-refractivity contribution in [1.29, 1.82) is 0 Å². The predicted octanol–water partition coefficient (Wildman–Crippen LogP) is 0.831. The van der Waals surface area contributed by atoms with Crippen LogP contribution in [-0.4, -0.2) is 21.6 Å². The minimum Gasteiger partial charge on any atom is -0.322 e. The SMILES string of the molecule is [B]c1cc(NC(=O)C=C)c(C(C)C)c([B])c1C. The van der Waals surface area contributed by atoms with Crippen LogP contribution in [0.15, 0.2) is 18.7 Å². The summed E-state index contributed by atoms with van der Waals surface area (Å²) < 4.78 is 0. The average molecular weight is 223 g/mol. The van der Waals surface area contributed by atoms with Crippen molar-refractivity contribution in [2.45, 2.75) is 26.7 Å². The molecule has 0 unspecified atom stereocenters. The van der Waals surface area contributed by atoms with Gasteiger partial charge < -0.3 is 5.32 Å². The first kappa shape index (κ1) is 13.6. The van der Waals surface area contributed by atoms with E-state index in [1.165, 1.54) is 6.08 Å². The highest BCUT2D eigenvalue weighted by Crippen LogP contribution is 2.22. The van der Waals surface area contributed by atoms with Crippen molar-refractivity contribution < 1.29 is 4.79 Å². The summed E-state index contributed by atoms with van der Waals surface area (Å²) in [6, 6.07) is 1.74. The molecule has 0 saturated heterocycles. The molecule has 4 heteroatoms. The van der Waals surface area contributed by atoms with Crippen LogP contribution >= 0.6 is 0 Å². The van der Waals surface area contributed by atoms with Crippen LogP contribution in [0.3, 0.4) is 0 Å². The van der Waals surface area contributed by atoms with Gasteiger partial charge in [-0.15, -0.1) is 0 Å². The molecule has 0 aliphatic rings. The summed E-state index contributed by atoms with van der Waals surface area (Å²) in [6.07, 6.45) is 1.22. The summed E-state index contributed by atoms with van der Waals surface area (Å²) in [7, 11) is 11.9. The van der Waals surface area contributed by atoms with E-state index < -0.39 is 0 Å². The normalized spacial score (nSPS) is 10.4. The molecule has 0 bridgehead atoms. The van der Waals surface area contributed by atoms with E-state index in [0.717, 1.165) is 11.1 Å². The van der Waals surface area contributed by atoms with Crippen molar-refractivity contribution in [1.82, 2.24) is 0 Å². The first-order valence-electron chi connectivity index (χ1n) is 5.50. The van der Waals surface area contributed by atoms with Crippen molar-refractivity contribution in [3.63, 3.8) is 0 Å². The Morgan fingerprint density at radius 1 is 1.47 bits per heavy atom. The van der Waals surface area contributed by atoms with Crippen LogP contribution in [-0.2, 0) is 4.79 Å². The van der Waals surface area contributed by atoms with Crippen molar-refractivity contribution in [3.05, 3.63) is 29.8 Å². The predicted molar refractivity (Wildman–Crippen MR) is 74.9 cm³/mol. The summed E-state index contributed by atoms with van der Waals surface area (Å²) in [5.41, 5.74) is 3.63. The first-order chi connectivity index (χ1) is 7.88. The smallest absolute Gasteiger partial charge is 0.247 e. The molecule has 0 saturated carbocycles.